The Hall–Kier alpha value is -3.32. The van der Waals surface area contributed by atoms with Crippen LogP contribution < -0.4 is 15.6 Å². The molecule has 1 aliphatic carbocycles. The molecule has 2 aromatic heterocycles. The van der Waals surface area contributed by atoms with E-state index in [0.717, 1.165) is 0 Å². The highest BCUT2D eigenvalue weighted by Gasteiger charge is 2.36. The van der Waals surface area contributed by atoms with Crippen molar-refractivity contribution in [1.29, 1.82) is 0 Å². The van der Waals surface area contributed by atoms with Gasteiger partial charge >= 0.3 is 0 Å². The summed E-state index contributed by atoms with van der Waals surface area (Å²) in [5, 5.41) is 13.3. The van der Waals surface area contributed by atoms with Gasteiger partial charge in [0, 0.05) is 18.4 Å². The van der Waals surface area contributed by atoms with Crippen molar-refractivity contribution in [3.05, 3.63) is 52.4 Å². The van der Waals surface area contributed by atoms with E-state index in [4.69, 9.17) is 0 Å². The molecule has 35 heavy (non-hydrogen) atoms. The van der Waals surface area contributed by atoms with Gasteiger partial charge < -0.3 is 10.4 Å². The second-order valence-corrected chi connectivity index (χ2v) is 12.7. The first-order valence-electron chi connectivity index (χ1n) is 11.2. The number of benzene rings is 1. The van der Waals surface area contributed by atoms with Gasteiger partial charge in [0.2, 0.25) is 10.0 Å². The zero-order valence-corrected chi connectivity index (χ0v) is 20.7. The molecule has 1 fully saturated rings. The Morgan fingerprint density at radius 3 is 2.69 bits per heavy atom. The molecule has 0 saturated heterocycles. The van der Waals surface area contributed by atoms with Gasteiger partial charge in [0.15, 0.2) is 11.6 Å². The second kappa shape index (κ2) is 8.12. The molecule has 2 aliphatic rings. The molecule has 1 saturated carbocycles. The van der Waals surface area contributed by atoms with E-state index in [1.165, 1.54) is 27.4 Å². The van der Waals surface area contributed by atoms with Crippen molar-refractivity contribution in [1.82, 2.24) is 9.20 Å². The Kier molecular flexibility index (Phi) is 5.44. The van der Waals surface area contributed by atoms with Gasteiger partial charge in [-0.2, -0.15) is 8.42 Å². The predicted octanol–water partition coefficient (Wildman–Crippen LogP) is 2.32. The molecule has 1 aromatic carbocycles. The first-order valence-corrected chi connectivity index (χ1v) is 14.2. The monoisotopic (exact) mass is 519 g/mol. The molecule has 0 spiro atoms. The van der Waals surface area contributed by atoms with Gasteiger partial charge in [-0.25, -0.2) is 13.1 Å². The van der Waals surface area contributed by atoms with Crippen molar-refractivity contribution >= 4 is 42.8 Å². The zero-order chi connectivity index (χ0) is 25.1. The number of sulfonamides is 2. The average Bonchev–Trinajstić information content (AvgIpc) is 3.52. The van der Waals surface area contributed by atoms with E-state index >= 15 is 0 Å². The van der Waals surface area contributed by atoms with E-state index in [0.29, 0.717) is 37.2 Å². The van der Waals surface area contributed by atoms with Crippen LogP contribution in [-0.4, -0.2) is 42.2 Å². The molecule has 0 atom stereocenters. The molecule has 0 unspecified atom stereocenters. The lowest BCUT2D eigenvalue weighted by Crippen LogP contribution is -2.35. The maximum Gasteiger partial charge on any atom is 0.286 e. The first-order chi connectivity index (χ1) is 16.5. The number of rotatable bonds is 7. The lowest BCUT2D eigenvalue weighted by Gasteiger charge is -2.21. The minimum absolute atomic E-state index is 0.105. The fourth-order valence-electron chi connectivity index (χ4n) is 3.99. The summed E-state index contributed by atoms with van der Waals surface area (Å²) in [7, 11) is -7.89. The van der Waals surface area contributed by atoms with Crippen LogP contribution >= 0.6 is 0 Å². The summed E-state index contributed by atoms with van der Waals surface area (Å²) < 4.78 is 59.8. The van der Waals surface area contributed by atoms with Gasteiger partial charge in [-0.1, -0.05) is 13.8 Å². The van der Waals surface area contributed by atoms with Gasteiger partial charge in [0.1, 0.15) is 16.0 Å². The minimum atomic E-state index is -4.31. The summed E-state index contributed by atoms with van der Waals surface area (Å²) >= 11 is 0. The predicted molar refractivity (Wildman–Crippen MR) is 132 cm³/mol. The molecule has 13 heteroatoms. The Bertz CT molecular complexity index is 1650. The van der Waals surface area contributed by atoms with Gasteiger partial charge in [0.25, 0.3) is 15.6 Å². The molecule has 1 aliphatic heterocycles. The molecule has 3 aromatic rings. The smallest absolute Gasteiger partial charge is 0.286 e. The van der Waals surface area contributed by atoms with Crippen LogP contribution in [0, 0.1) is 5.92 Å². The lowest BCUT2D eigenvalue weighted by atomic mass is 10.1. The quantitative estimate of drug-likeness (QED) is 0.433. The number of hydrogen-bond acceptors (Lipinski definition) is 7. The zero-order valence-electron chi connectivity index (χ0n) is 19.1. The van der Waals surface area contributed by atoms with Crippen molar-refractivity contribution in [3.8, 4) is 5.75 Å². The van der Waals surface area contributed by atoms with Gasteiger partial charge in [-0.3, -0.25) is 14.0 Å². The van der Waals surface area contributed by atoms with Crippen LogP contribution in [-0.2, 0) is 26.6 Å². The number of nitrogens with one attached hydrogen (secondary N) is 2. The van der Waals surface area contributed by atoms with E-state index in [-0.39, 0.29) is 33.4 Å². The molecule has 0 amide bonds. The number of aromatic hydroxyl groups is 1. The fraction of sp³-hybridized carbons (Fsp3) is 0.364. The first kappa shape index (κ1) is 23.4. The summed E-state index contributed by atoms with van der Waals surface area (Å²) in [4.78, 5) is 13.2. The number of aryl methyl sites for hydroxylation is 1. The van der Waals surface area contributed by atoms with Gasteiger partial charge in [-0.05, 0) is 55.5 Å². The fourth-order valence-corrected chi connectivity index (χ4v) is 6.51. The average molecular weight is 520 g/mol. The van der Waals surface area contributed by atoms with Crippen LogP contribution in [0.2, 0.25) is 0 Å². The van der Waals surface area contributed by atoms with E-state index in [1.54, 1.807) is 18.3 Å². The molecule has 3 N–H and O–H groups in total. The Morgan fingerprint density at radius 1 is 1.26 bits per heavy atom. The van der Waals surface area contributed by atoms with Gasteiger partial charge in [0.05, 0.1) is 10.9 Å². The molecule has 5 rings (SSSR count). The normalized spacial score (nSPS) is 17.2. The third-order valence-corrected chi connectivity index (χ3v) is 9.20. The Labute approximate surface area is 202 Å². The molecule has 186 valence electrons. The van der Waals surface area contributed by atoms with Gasteiger partial charge in [-0.15, -0.1) is 4.40 Å². The number of aromatic nitrogens is 2. The van der Waals surface area contributed by atoms with Crippen molar-refractivity contribution < 1.29 is 21.9 Å². The molecular weight excluding hydrogens is 494 g/mol. The largest absolute Gasteiger partial charge is 0.505 e. The summed E-state index contributed by atoms with van der Waals surface area (Å²) in [6.07, 6.45) is 3.47. The van der Waals surface area contributed by atoms with E-state index in [2.05, 4.69) is 14.4 Å². The topological polar surface area (TPSA) is 151 Å². The van der Waals surface area contributed by atoms with Crippen LogP contribution in [0.5, 0.6) is 5.75 Å². The molecule has 0 bridgehead atoms. The minimum Gasteiger partial charge on any atom is -0.505 e. The maximum absolute atomic E-state index is 13.4. The summed E-state index contributed by atoms with van der Waals surface area (Å²) in [5.74, 6) is -0.374. The van der Waals surface area contributed by atoms with Crippen LogP contribution in [0.15, 0.2) is 50.6 Å². The molecular formula is C22H25N5O6S2. The van der Waals surface area contributed by atoms with E-state index in [1.807, 2.05) is 13.8 Å². The highest BCUT2D eigenvalue weighted by atomic mass is 32.2. The summed E-state index contributed by atoms with van der Waals surface area (Å²) in [6, 6.07) is 7.32. The van der Waals surface area contributed by atoms with Crippen LogP contribution in [0.4, 0.5) is 11.4 Å². The third-order valence-electron chi connectivity index (χ3n) is 6.02. The van der Waals surface area contributed by atoms with Crippen molar-refractivity contribution in [2.75, 3.05) is 10.0 Å². The second-order valence-electron chi connectivity index (χ2n) is 9.17. The van der Waals surface area contributed by atoms with Crippen molar-refractivity contribution in [3.63, 3.8) is 0 Å². The highest BCUT2D eigenvalue weighted by Crippen LogP contribution is 2.35. The summed E-state index contributed by atoms with van der Waals surface area (Å²) in [5.41, 5.74) is -0.292. The summed E-state index contributed by atoms with van der Waals surface area (Å²) in [6.45, 7) is 4.40. The molecule has 0 radical (unpaired) electrons. The standard InChI is InChI=1S/C22H25N5O6S2/c1-13(2)9-11-27-22(29)19(20(28)17-4-3-10-26(17)27)21-23-16-8-5-14(12-18(16)35(32,33)25-21)24-34(30,31)15-6-7-15/h3-5,8,10,12-13,15,24,28H,6-7,9,11H2,1-2H3,(H,23,25). The Balaban J connectivity index is 1.58. The number of fused-ring (bicyclic) bond motifs is 2. The lowest BCUT2D eigenvalue weighted by molar-refractivity contribution is 0.437. The highest BCUT2D eigenvalue weighted by molar-refractivity contribution is 7.93. The van der Waals surface area contributed by atoms with E-state index in [9.17, 15) is 26.7 Å². The Morgan fingerprint density at radius 2 is 2.00 bits per heavy atom. The number of hydrogen-bond donors (Lipinski definition) is 3. The van der Waals surface area contributed by atoms with Crippen LogP contribution in [0.25, 0.3) is 5.52 Å². The van der Waals surface area contributed by atoms with Crippen molar-refractivity contribution in [2.45, 2.75) is 49.8 Å². The maximum atomic E-state index is 13.4. The molecule has 3 heterocycles. The number of anilines is 2. The number of nitrogens with zero attached hydrogens (tertiary/aromatic N) is 3. The molecule has 11 nitrogen and oxygen atoms in total. The van der Waals surface area contributed by atoms with Crippen molar-refractivity contribution in [2.24, 2.45) is 10.3 Å². The third kappa shape index (κ3) is 4.18. The van der Waals surface area contributed by atoms with Crippen LogP contribution in [0.3, 0.4) is 0 Å². The number of amidine groups is 1. The van der Waals surface area contributed by atoms with E-state index < -0.39 is 30.9 Å². The van der Waals surface area contributed by atoms with Crippen LogP contribution in [0.1, 0.15) is 38.7 Å². The SMILES string of the molecule is CC(C)CCn1c(=O)c(C2=NS(=O)(=O)c3cc(NS(=O)(=O)C4CC4)ccc3N2)c(O)c2cccn21.